The highest BCUT2D eigenvalue weighted by molar-refractivity contribution is 6.09. The van der Waals surface area contributed by atoms with Gasteiger partial charge in [-0.05, 0) is 37.6 Å². The molecule has 2 aliphatic rings. The van der Waals surface area contributed by atoms with Gasteiger partial charge in [0.2, 0.25) is 5.60 Å². The summed E-state index contributed by atoms with van der Waals surface area (Å²) in [4.78, 5) is 24.4. The van der Waals surface area contributed by atoms with Crippen molar-refractivity contribution in [2.24, 2.45) is 5.92 Å². The predicted molar refractivity (Wildman–Crippen MR) is 68.1 cm³/mol. The van der Waals surface area contributed by atoms with Gasteiger partial charge in [-0.1, -0.05) is 12.1 Å². The molecule has 19 heavy (non-hydrogen) atoms. The molecule has 1 aromatic rings. The molecule has 0 N–H and O–H groups in total. The summed E-state index contributed by atoms with van der Waals surface area (Å²) in [6.07, 6.45) is 3.31. The van der Waals surface area contributed by atoms with Crippen LogP contribution in [0, 0.1) is 12.8 Å². The Morgan fingerprint density at radius 2 is 2.26 bits per heavy atom. The average Bonchev–Trinajstić information content (AvgIpc) is 2.33. The van der Waals surface area contributed by atoms with Crippen molar-refractivity contribution < 1.29 is 19.1 Å². The quantitative estimate of drug-likeness (QED) is 0.602. The standard InChI is InChI=1S/C15H14O4/c1-3-18-14(17)15-7-6-11(15)13(16)10-5-4-9(2)8-12(10)19-15/h4-8,11H,3H2,1-2H3/t11-,15-/m0/s1. The Balaban J connectivity index is 2.05. The van der Waals surface area contributed by atoms with Gasteiger partial charge in [-0.3, -0.25) is 4.79 Å². The van der Waals surface area contributed by atoms with Gasteiger partial charge >= 0.3 is 5.97 Å². The van der Waals surface area contributed by atoms with Crippen molar-refractivity contribution in [1.29, 1.82) is 0 Å². The van der Waals surface area contributed by atoms with E-state index in [1.54, 1.807) is 31.2 Å². The lowest BCUT2D eigenvalue weighted by Crippen LogP contribution is -2.59. The first-order chi connectivity index (χ1) is 9.08. The lowest BCUT2D eigenvalue weighted by atomic mass is 9.71. The number of ether oxygens (including phenoxy) is 2. The first-order valence-corrected chi connectivity index (χ1v) is 6.29. The molecule has 1 aliphatic carbocycles. The number of esters is 1. The number of fused-ring (bicyclic) bond motifs is 2. The summed E-state index contributed by atoms with van der Waals surface area (Å²) in [5.41, 5.74) is 0.251. The van der Waals surface area contributed by atoms with E-state index in [1.807, 2.05) is 13.0 Å². The van der Waals surface area contributed by atoms with Crippen molar-refractivity contribution >= 4 is 11.8 Å². The predicted octanol–water partition coefficient (Wildman–Crippen LogP) is 2.06. The van der Waals surface area contributed by atoms with Crippen molar-refractivity contribution in [1.82, 2.24) is 0 Å². The second kappa shape index (κ2) is 3.95. The van der Waals surface area contributed by atoms with Crippen LogP contribution in [0.1, 0.15) is 22.8 Å². The lowest BCUT2D eigenvalue weighted by Gasteiger charge is -2.43. The maximum Gasteiger partial charge on any atom is 0.355 e. The van der Waals surface area contributed by atoms with Crippen LogP contribution in [0.4, 0.5) is 0 Å². The van der Waals surface area contributed by atoms with Crippen molar-refractivity contribution in [3.8, 4) is 5.75 Å². The van der Waals surface area contributed by atoms with Crippen LogP contribution in [0.3, 0.4) is 0 Å². The summed E-state index contributed by atoms with van der Waals surface area (Å²) in [7, 11) is 0. The maximum atomic E-state index is 12.4. The molecule has 1 aromatic carbocycles. The second-order valence-corrected chi connectivity index (χ2v) is 4.82. The molecule has 0 unspecified atom stereocenters. The van der Waals surface area contributed by atoms with E-state index in [0.29, 0.717) is 11.3 Å². The zero-order valence-corrected chi connectivity index (χ0v) is 10.8. The van der Waals surface area contributed by atoms with Gasteiger partial charge < -0.3 is 9.47 Å². The Hall–Kier alpha value is -2.10. The van der Waals surface area contributed by atoms with Gasteiger partial charge in [-0.15, -0.1) is 0 Å². The third-order valence-corrected chi connectivity index (χ3v) is 3.56. The van der Waals surface area contributed by atoms with Gasteiger partial charge in [0, 0.05) is 0 Å². The van der Waals surface area contributed by atoms with E-state index in [4.69, 9.17) is 9.47 Å². The number of carbonyl (C=O) groups is 2. The van der Waals surface area contributed by atoms with E-state index in [9.17, 15) is 9.59 Å². The highest BCUT2D eigenvalue weighted by Crippen LogP contribution is 2.45. The average molecular weight is 258 g/mol. The second-order valence-electron chi connectivity index (χ2n) is 4.82. The Morgan fingerprint density at radius 3 is 2.89 bits per heavy atom. The number of carbonyl (C=O) groups excluding carboxylic acids is 2. The van der Waals surface area contributed by atoms with Crippen LogP contribution < -0.4 is 4.74 Å². The van der Waals surface area contributed by atoms with Crippen LogP contribution >= 0.6 is 0 Å². The van der Waals surface area contributed by atoms with E-state index in [0.717, 1.165) is 5.56 Å². The van der Waals surface area contributed by atoms with Crippen LogP contribution in [0.5, 0.6) is 5.75 Å². The maximum absolute atomic E-state index is 12.4. The molecule has 4 nitrogen and oxygen atoms in total. The molecular formula is C15H14O4. The van der Waals surface area contributed by atoms with E-state index in [-0.39, 0.29) is 12.4 Å². The Morgan fingerprint density at radius 1 is 1.47 bits per heavy atom. The molecule has 0 bridgehead atoms. The number of rotatable bonds is 2. The number of benzene rings is 1. The van der Waals surface area contributed by atoms with Crippen molar-refractivity contribution in [3.63, 3.8) is 0 Å². The van der Waals surface area contributed by atoms with Gasteiger partial charge in [-0.2, -0.15) is 0 Å². The van der Waals surface area contributed by atoms with Crippen molar-refractivity contribution in [3.05, 3.63) is 41.5 Å². The normalized spacial score (nSPS) is 26.8. The number of hydrogen-bond acceptors (Lipinski definition) is 4. The minimum Gasteiger partial charge on any atom is -0.469 e. The Bertz CT molecular complexity index is 602. The molecule has 3 rings (SSSR count). The van der Waals surface area contributed by atoms with Crippen LogP contribution in [-0.4, -0.2) is 24.0 Å². The first kappa shape index (κ1) is 12.0. The fourth-order valence-electron chi connectivity index (χ4n) is 2.49. The molecule has 0 amide bonds. The summed E-state index contributed by atoms with van der Waals surface area (Å²) in [6, 6.07) is 5.38. The van der Waals surface area contributed by atoms with E-state index < -0.39 is 17.5 Å². The molecule has 4 heteroatoms. The van der Waals surface area contributed by atoms with E-state index in [2.05, 4.69) is 0 Å². The largest absolute Gasteiger partial charge is 0.469 e. The highest BCUT2D eigenvalue weighted by atomic mass is 16.6. The summed E-state index contributed by atoms with van der Waals surface area (Å²) < 4.78 is 10.8. The van der Waals surface area contributed by atoms with Crippen LogP contribution in [0.2, 0.25) is 0 Å². The summed E-state index contributed by atoms with van der Waals surface area (Å²) in [6.45, 7) is 3.90. The number of ketones is 1. The molecular weight excluding hydrogens is 244 g/mol. The number of Topliss-reactive ketones (excluding diaryl/α,β-unsaturated/α-hetero) is 1. The third-order valence-electron chi connectivity index (χ3n) is 3.56. The monoisotopic (exact) mass is 258 g/mol. The molecule has 98 valence electrons. The van der Waals surface area contributed by atoms with Crippen molar-refractivity contribution in [2.45, 2.75) is 19.4 Å². The zero-order chi connectivity index (χ0) is 13.6. The van der Waals surface area contributed by atoms with Gasteiger partial charge in [0.25, 0.3) is 0 Å². The molecule has 0 aromatic heterocycles. The SMILES string of the molecule is CCOC(=O)[C@]12C=C[C@H]1C(=O)c1ccc(C)cc1O2. The molecule has 0 fully saturated rings. The summed E-state index contributed by atoms with van der Waals surface area (Å²) in [5.74, 6) is -0.694. The zero-order valence-electron chi connectivity index (χ0n) is 10.8. The number of aryl methyl sites for hydroxylation is 1. The molecule has 1 aliphatic heterocycles. The third kappa shape index (κ3) is 1.52. The lowest BCUT2D eigenvalue weighted by molar-refractivity contribution is -0.161. The van der Waals surface area contributed by atoms with E-state index in [1.165, 1.54) is 0 Å². The highest BCUT2D eigenvalue weighted by Gasteiger charge is 2.58. The Labute approximate surface area is 111 Å². The van der Waals surface area contributed by atoms with Gasteiger partial charge in [-0.25, -0.2) is 4.79 Å². The fraction of sp³-hybridized carbons (Fsp3) is 0.333. The molecule has 0 spiro atoms. The minimum absolute atomic E-state index is 0.0863. The van der Waals surface area contributed by atoms with Gasteiger partial charge in [0.1, 0.15) is 5.75 Å². The Kier molecular flexibility index (Phi) is 2.49. The van der Waals surface area contributed by atoms with E-state index >= 15 is 0 Å². The molecule has 2 atom stereocenters. The van der Waals surface area contributed by atoms with Crippen LogP contribution in [0.15, 0.2) is 30.4 Å². The van der Waals surface area contributed by atoms with Crippen LogP contribution in [-0.2, 0) is 9.53 Å². The molecule has 0 saturated carbocycles. The van der Waals surface area contributed by atoms with Crippen molar-refractivity contribution in [2.75, 3.05) is 6.61 Å². The molecule has 0 radical (unpaired) electrons. The summed E-state index contributed by atoms with van der Waals surface area (Å²) >= 11 is 0. The molecule has 0 saturated heterocycles. The topological polar surface area (TPSA) is 52.6 Å². The first-order valence-electron chi connectivity index (χ1n) is 6.29. The fourth-order valence-corrected chi connectivity index (χ4v) is 2.49. The smallest absolute Gasteiger partial charge is 0.355 e. The van der Waals surface area contributed by atoms with Gasteiger partial charge in [0.05, 0.1) is 18.1 Å². The summed E-state index contributed by atoms with van der Waals surface area (Å²) in [5, 5.41) is 0. The number of hydrogen-bond donors (Lipinski definition) is 0. The minimum atomic E-state index is -1.26. The molecule has 1 heterocycles. The van der Waals surface area contributed by atoms with Gasteiger partial charge in [0.15, 0.2) is 5.78 Å². The van der Waals surface area contributed by atoms with Crippen LogP contribution in [0.25, 0.3) is 0 Å².